The second-order valence-corrected chi connectivity index (χ2v) is 6.85. The van der Waals surface area contributed by atoms with Crippen LogP contribution >= 0.6 is 0 Å². The maximum atomic E-state index is 12.2. The molecule has 0 aliphatic carbocycles. The number of aromatic nitrogens is 1. The first kappa shape index (κ1) is 22.9. The molecule has 8 nitrogen and oxygen atoms in total. The van der Waals surface area contributed by atoms with Gasteiger partial charge >= 0.3 is 12.1 Å². The monoisotopic (exact) mass is 413 g/mol. The highest BCUT2D eigenvalue weighted by Crippen LogP contribution is 2.04. The molecule has 1 aromatic heterocycles. The van der Waals surface area contributed by atoms with E-state index in [1.807, 2.05) is 48.5 Å². The zero-order chi connectivity index (χ0) is 21.8. The second-order valence-electron chi connectivity index (χ2n) is 6.85. The van der Waals surface area contributed by atoms with E-state index in [4.69, 9.17) is 0 Å². The van der Waals surface area contributed by atoms with Gasteiger partial charge in [0.25, 0.3) is 0 Å². The van der Waals surface area contributed by atoms with E-state index in [1.165, 1.54) is 11.9 Å². The highest BCUT2D eigenvalue weighted by molar-refractivity contribution is 5.77. The van der Waals surface area contributed by atoms with Gasteiger partial charge < -0.3 is 9.80 Å². The van der Waals surface area contributed by atoms with Gasteiger partial charge in [0.15, 0.2) is 0 Å². The Hall–Kier alpha value is -3.42. The predicted molar refractivity (Wildman–Crippen MR) is 110 cm³/mol. The van der Waals surface area contributed by atoms with Crippen LogP contribution in [0.1, 0.15) is 24.1 Å². The van der Waals surface area contributed by atoms with E-state index in [0.29, 0.717) is 19.4 Å². The molecule has 2 aromatic rings. The van der Waals surface area contributed by atoms with Crippen LogP contribution in [0, 0.1) is 0 Å². The lowest BCUT2D eigenvalue weighted by molar-refractivity contribution is -0.236. The smallest absolute Gasteiger partial charge is 0.345 e. The molecule has 2 amide bonds. The number of aryl methyl sites for hydroxylation is 1. The van der Waals surface area contributed by atoms with Crippen LogP contribution in [-0.4, -0.2) is 59.9 Å². The van der Waals surface area contributed by atoms with Crippen LogP contribution in [0.2, 0.25) is 0 Å². The Bertz CT molecular complexity index is 814. The molecule has 0 fully saturated rings. The first-order chi connectivity index (χ1) is 14.5. The van der Waals surface area contributed by atoms with Gasteiger partial charge in [-0.05, 0) is 24.1 Å². The molecule has 0 radical (unpaired) electrons. The van der Waals surface area contributed by atoms with Crippen molar-refractivity contribution < 1.29 is 24.2 Å². The number of benzene rings is 1. The van der Waals surface area contributed by atoms with Crippen LogP contribution in [0.25, 0.3) is 0 Å². The minimum atomic E-state index is -0.827. The quantitative estimate of drug-likeness (QED) is 0.464. The second kappa shape index (κ2) is 12.2. The summed E-state index contributed by atoms with van der Waals surface area (Å²) >= 11 is 0. The number of carbonyl (C=O) groups excluding carboxylic acids is 3. The fourth-order valence-electron chi connectivity index (χ4n) is 2.58. The molecule has 0 aliphatic rings. The van der Waals surface area contributed by atoms with Crippen molar-refractivity contribution in [1.82, 2.24) is 14.8 Å². The number of hydrogen-bond donors (Lipinski definition) is 0. The van der Waals surface area contributed by atoms with E-state index in [9.17, 15) is 14.4 Å². The molecule has 30 heavy (non-hydrogen) atoms. The molecular weight excluding hydrogens is 386 g/mol. The average molecular weight is 413 g/mol. The number of amides is 2. The van der Waals surface area contributed by atoms with E-state index >= 15 is 0 Å². The third-order valence-corrected chi connectivity index (χ3v) is 4.49. The summed E-state index contributed by atoms with van der Waals surface area (Å²) in [5.41, 5.74) is 1.90. The number of hydrogen-bond acceptors (Lipinski definition) is 6. The highest BCUT2D eigenvalue weighted by atomic mass is 17.2. The molecule has 160 valence electrons. The minimum Gasteiger partial charge on any atom is -0.345 e. The van der Waals surface area contributed by atoms with Crippen molar-refractivity contribution in [3.63, 3.8) is 0 Å². The number of rotatable bonds is 9. The molecule has 0 spiro atoms. The Morgan fingerprint density at radius 1 is 0.833 bits per heavy atom. The summed E-state index contributed by atoms with van der Waals surface area (Å²) in [5, 5.41) is 0. The predicted octanol–water partition coefficient (Wildman–Crippen LogP) is 2.63. The number of carbonyl (C=O) groups is 3. The van der Waals surface area contributed by atoms with Gasteiger partial charge in [0.2, 0.25) is 5.91 Å². The summed E-state index contributed by atoms with van der Waals surface area (Å²) in [6.45, 7) is 0.677. The normalized spacial score (nSPS) is 10.2. The molecule has 0 saturated heterocycles. The van der Waals surface area contributed by atoms with E-state index in [1.54, 1.807) is 18.1 Å². The van der Waals surface area contributed by atoms with Crippen molar-refractivity contribution in [2.75, 3.05) is 27.2 Å². The molecule has 8 heteroatoms. The van der Waals surface area contributed by atoms with Crippen LogP contribution in [0.5, 0.6) is 0 Å². The van der Waals surface area contributed by atoms with E-state index in [0.717, 1.165) is 11.3 Å². The summed E-state index contributed by atoms with van der Waals surface area (Å²) in [7, 11) is 3.18. The third kappa shape index (κ3) is 8.30. The maximum absolute atomic E-state index is 12.2. The van der Waals surface area contributed by atoms with Gasteiger partial charge in [-0.3, -0.25) is 9.78 Å². The lowest BCUT2D eigenvalue weighted by atomic mass is 10.1. The minimum absolute atomic E-state index is 0.0978. The lowest BCUT2D eigenvalue weighted by Crippen LogP contribution is -2.35. The first-order valence-electron chi connectivity index (χ1n) is 9.76. The van der Waals surface area contributed by atoms with Crippen LogP contribution in [0.3, 0.4) is 0 Å². The van der Waals surface area contributed by atoms with E-state index < -0.39 is 12.1 Å². The highest BCUT2D eigenvalue weighted by Gasteiger charge is 2.17. The Kier molecular flexibility index (Phi) is 9.30. The molecule has 0 N–H and O–H groups in total. The van der Waals surface area contributed by atoms with E-state index in [-0.39, 0.29) is 25.3 Å². The van der Waals surface area contributed by atoms with Gasteiger partial charge in [-0.1, -0.05) is 36.4 Å². The molecule has 0 saturated carbocycles. The standard InChI is InChI=1S/C22H27N3O5/c1-24(16-13-19-10-6-7-15-23-19)20(26)14-17-25(2)22(28)30-29-21(27)12-11-18-8-4-3-5-9-18/h3-10,15H,11-14,16-17H2,1-2H3. The van der Waals surface area contributed by atoms with Gasteiger partial charge in [0.1, 0.15) is 0 Å². The molecule has 1 aromatic carbocycles. The van der Waals surface area contributed by atoms with Gasteiger partial charge in [-0.25, -0.2) is 19.4 Å². The summed E-state index contributed by atoms with van der Waals surface area (Å²) in [4.78, 5) is 52.0. The first-order valence-corrected chi connectivity index (χ1v) is 9.76. The third-order valence-electron chi connectivity index (χ3n) is 4.49. The van der Waals surface area contributed by atoms with Crippen molar-refractivity contribution in [3.8, 4) is 0 Å². The SMILES string of the molecule is CN(CCc1ccccn1)C(=O)CCN(C)C(=O)OOC(=O)CCc1ccccc1. The fraction of sp³-hybridized carbons (Fsp3) is 0.364. The zero-order valence-corrected chi connectivity index (χ0v) is 17.3. The van der Waals surface area contributed by atoms with Crippen molar-refractivity contribution in [2.24, 2.45) is 0 Å². The molecule has 2 rings (SSSR count). The number of nitrogens with zero attached hydrogens (tertiary/aromatic N) is 3. The summed E-state index contributed by atoms with van der Waals surface area (Å²) < 4.78 is 0. The molecular formula is C22H27N3O5. The van der Waals surface area contributed by atoms with Gasteiger partial charge in [-0.15, -0.1) is 0 Å². The summed E-state index contributed by atoms with van der Waals surface area (Å²) in [6, 6.07) is 15.1. The summed E-state index contributed by atoms with van der Waals surface area (Å²) in [5.74, 6) is -0.739. The van der Waals surface area contributed by atoms with Crippen LogP contribution in [0.4, 0.5) is 4.79 Å². The Labute approximate surface area is 176 Å². The molecule has 0 unspecified atom stereocenters. The van der Waals surface area contributed by atoms with Crippen molar-refractivity contribution >= 4 is 18.0 Å². The average Bonchev–Trinajstić information content (AvgIpc) is 2.79. The Balaban J connectivity index is 1.62. The molecule has 0 atom stereocenters. The van der Waals surface area contributed by atoms with Crippen LogP contribution < -0.4 is 0 Å². The van der Waals surface area contributed by atoms with Gasteiger partial charge in [0, 0.05) is 51.9 Å². The number of likely N-dealkylation sites (N-methyl/N-ethyl adjacent to an activating group) is 1. The van der Waals surface area contributed by atoms with Crippen LogP contribution in [-0.2, 0) is 32.2 Å². The summed E-state index contributed by atoms with van der Waals surface area (Å²) in [6.07, 6.45) is 2.26. The van der Waals surface area contributed by atoms with Gasteiger partial charge in [0.05, 0.1) is 6.42 Å². The van der Waals surface area contributed by atoms with Crippen molar-refractivity contribution in [2.45, 2.75) is 25.7 Å². The largest absolute Gasteiger partial charge is 0.452 e. The van der Waals surface area contributed by atoms with E-state index in [2.05, 4.69) is 14.8 Å². The maximum Gasteiger partial charge on any atom is 0.452 e. The lowest BCUT2D eigenvalue weighted by Gasteiger charge is -2.19. The molecule has 0 aliphatic heterocycles. The van der Waals surface area contributed by atoms with Crippen molar-refractivity contribution in [3.05, 3.63) is 66.0 Å². The Morgan fingerprint density at radius 2 is 1.57 bits per heavy atom. The van der Waals surface area contributed by atoms with Crippen molar-refractivity contribution in [1.29, 1.82) is 0 Å². The fourth-order valence-corrected chi connectivity index (χ4v) is 2.58. The molecule has 0 bridgehead atoms. The van der Waals surface area contributed by atoms with Crippen LogP contribution in [0.15, 0.2) is 54.7 Å². The topological polar surface area (TPSA) is 89.0 Å². The Morgan fingerprint density at radius 3 is 2.27 bits per heavy atom. The van der Waals surface area contributed by atoms with Gasteiger partial charge in [-0.2, -0.15) is 0 Å². The molecule has 1 heterocycles. The zero-order valence-electron chi connectivity index (χ0n) is 17.3. The number of pyridine rings is 1.